The molecule has 3 rings (SSSR count). The summed E-state index contributed by atoms with van der Waals surface area (Å²) in [5.41, 5.74) is 2.70. The van der Waals surface area contributed by atoms with Crippen molar-refractivity contribution < 1.29 is 5.11 Å². The minimum atomic E-state index is -0.486. The van der Waals surface area contributed by atoms with Crippen LogP contribution in [0.1, 0.15) is 25.1 Å². The van der Waals surface area contributed by atoms with Crippen molar-refractivity contribution in [2.75, 3.05) is 0 Å². The predicted octanol–water partition coefficient (Wildman–Crippen LogP) is 3.55. The Morgan fingerprint density at radius 2 is 2.10 bits per heavy atom. The lowest BCUT2D eigenvalue weighted by molar-refractivity contribution is 0.169. The normalized spacial score (nSPS) is 12.7. The number of imidazole rings is 1. The summed E-state index contributed by atoms with van der Waals surface area (Å²) in [5, 5.41) is 10.6. The average Bonchev–Trinajstić information content (AvgIpc) is 2.89. The molecule has 2 N–H and O–H groups in total. The first-order valence-electron chi connectivity index (χ1n) is 6.53. The third-order valence-corrected chi connectivity index (χ3v) is 3.93. The Bertz CT molecular complexity index is 675. The van der Waals surface area contributed by atoms with Crippen LogP contribution in [-0.4, -0.2) is 20.1 Å². The molecule has 0 fully saturated rings. The molecule has 1 atom stereocenters. The molecule has 0 aliphatic carbocycles. The van der Waals surface area contributed by atoms with Crippen molar-refractivity contribution in [1.29, 1.82) is 0 Å². The summed E-state index contributed by atoms with van der Waals surface area (Å²) in [6.45, 7) is 1.93. The summed E-state index contributed by atoms with van der Waals surface area (Å²) in [6.07, 6.45) is 1.95. The largest absolute Gasteiger partial charge is 0.387 e. The molecule has 0 saturated heterocycles. The molecule has 0 spiro atoms. The monoisotopic (exact) mass is 285 g/mol. The van der Waals surface area contributed by atoms with Gasteiger partial charge < -0.3 is 10.1 Å². The van der Waals surface area contributed by atoms with Gasteiger partial charge in [0.05, 0.1) is 22.8 Å². The Kier molecular flexibility index (Phi) is 3.71. The number of aliphatic hydroxyl groups is 1. The number of H-pyrrole nitrogens is 1. The Hall–Kier alpha value is -1.85. The summed E-state index contributed by atoms with van der Waals surface area (Å²) in [6, 6.07) is 11.8. The highest BCUT2D eigenvalue weighted by Gasteiger charge is 2.08. The molecule has 0 radical (unpaired) electrons. The lowest BCUT2D eigenvalue weighted by atomic mass is 10.2. The molecule has 0 bridgehead atoms. The van der Waals surface area contributed by atoms with Gasteiger partial charge in [0.1, 0.15) is 0 Å². The summed E-state index contributed by atoms with van der Waals surface area (Å²) >= 11 is 1.53. The Morgan fingerprint density at radius 1 is 1.25 bits per heavy atom. The van der Waals surface area contributed by atoms with E-state index in [9.17, 15) is 5.11 Å². The van der Waals surface area contributed by atoms with Gasteiger partial charge in [0.25, 0.3) is 0 Å². The van der Waals surface area contributed by atoms with E-state index in [1.54, 1.807) is 6.20 Å². The summed E-state index contributed by atoms with van der Waals surface area (Å²) in [5.74, 6) is 0. The zero-order valence-electron chi connectivity index (χ0n) is 11.1. The molecule has 2 aromatic heterocycles. The van der Waals surface area contributed by atoms with Crippen LogP contribution in [0.3, 0.4) is 0 Å². The van der Waals surface area contributed by atoms with Crippen molar-refractivity contribution in [3.63, 3.8) is 0 Å². The number of hydrogen-bond acceptors (Lipinski definition) is 4. The number of aliphatic hydroxyl groups excluding tert-OH is 1. The number of rotatable bonds is 4. The number of para-hydroxylation sites is 2. The Labute approximate surface area is 121 Å². The first kappa shape index (κ1) is 13.1. The lowest BCUT2D eigenvalue weighted by Crippen LogP contribution is -1.97. The third kappa shape index (κ3) is 2.69. The van der Waals surface area contributed by atoms with Crippen LogP contribution in [0.25, 0.3) is 11.0 Å². The molecule has 4 nitrogen and oxygen atoms in total. The van der Waals surface area contributed by atoms with E-state index in [-0.39, 0.29) is 0 Å². The van der Waals surface area contributed by atoms with E-state index in [1.807, 2.05) is 43.3 Å². The molecule has 0 amide bonds. The molecular formula is C15H15N3OS. The molecule has 2 heterocycles. The average molecular weight is 285 g/mol. The van der Waals surface area contributed by atoms with Crippen LogP contribution in [0.2, 0.25) is 0 Å². The SMILES string of the molecule is CCC(O)c1ccc(Sc2nc3ccccc3[nH]2)cn1. The van der Waals surface area contributed by atoms with E-state index in [0.717, 1.165) is 21.1 Å². The topological polar surface area (TPSA) is 61.8 Å². The number of hydrogen-bond donors (Lipinski definition) is 2. The van der Waals surface area contributed by atoms with Gasteiger partial charge in [-0.25, -0.2) is 4.98 Å². The molecule has 5 heteroatoms. The lowest BCUT2D eigenvalue weighted by Gasteiger charge is -2.06. The van der Waals surface area contributed by atoms with E-state index in [1.165, 1.54) is 11.8 Å². The molecule has 3 aromatic rings. The van der Waals surface area contributed by atoms with Gasteiger partial charge in [0, 0.05) is 11.1 Å². The number of fused-ring (bicyclic) bond motifs is 1. The minimum Gasteiger partial charge on any atom is -0.387 e. The standard InChI is InChI=1S/C15H15N3OS/c1-2-14(19)13-8-7-10(9-16-13)20-15-17-11-5-3-4-6-12(11)18-15/h3-9,14,19H,2H2,1H3,(H,17,18). The van der Waals surface area contributed by atoms with Gasteiger partial charge in [-0.2, -0.15) is 0 Å². The van der Waals surface area contributed by atoms with Crippen molar-refractivity contribution in [1.82, 2.24) is 15.0 Å². The molecule has 0 saturated carbocycles. The summed E-state index contributed by atoms with van der Waals surface area (Å²) < 4.78 is 0. The molecule has 102 valence electrons. The predicted molar refractivity (Wildman–Crippen MR) is 79.7 cm³/mol. The van der Waals surface area contributed by atoms with E-state index in [0.29, 0.717) is 12.1 Å². The highest BCUT2D eigenvalue weighted by molar-refractivity contribution is 7.99. The van der Waals surface area contributed by atoms with E-state index in [2.05, 4.69) is 15.0 Å². The zero-order valence-corrected chi connectivity index (χ0v) is 11.9. The maximum atomic E-state index is 9.72. The fourth-order valence-electron chi connectivity index (χ4n) is 1.95. The molecule has 20 heavy (non-hydrogen) atoms. The van der Waals surface area contributed by atoms with Gasteiger partial charge in [0.15, 0.2) is 5.16 Å². The van der Waals surface area contributed by atoms with Crippen molar-refractivity contribution in [2.45, 2.75) is 29.5 Å². The van der Waals surface area contributed by atoms with Crippen LogP contribution in [0, 0.1) is 0 Å². The molecule has 1 unspecified atom stereocenters. The maximum Gasteiger partial charge on any atom is 0.171 e. The van der Waals surface area contributed by atoms with E-state index < -0.39 is 6.10 Å². The smallest absolute Gasteiger partial charge is 0.171 e. The van der Waals surface area contributed by atoms with Crippen LogP contribution >= 0.6 is 11.8 Å². The van der Waals surface area contributed by atoms with Crippen molar-refractivity contribution in [2.24, 2.45) is 0 Å². The second kappa shape index (κ2) is 5.64. The van der Waals surface area contributed by atoms with Crippen LogP contribution in [0.15, 0.2) is 52.6 Å². The molecule has 1 aromatic carbocycles. The second-order valence-electron chi connectivity index (χ2n) is 4.50. The van der Waals surface area contributed by atoms with Crippen LogP contribution in [0.4, 0.5) is 0 Å². The van der Waals surface area contributed by atoms with E-state index in [4.69, 9.17) is 0 Å². The van der Waals surface area contributed by atoms with Crippen molar-refractivity contribution >= 4 is 22.8 Å². The fourth-order valence-corrected chi connectivity index (χ4v) is 2.72. The zero-order chi connectivity index (χ0) is 13.9. The van der Waals surface area contributed by atoms with Gasteiger partial charge in [-0.15, -0.1) is 0 Å². The van der Waals surface area contributed by atoms with Gasteiger partial charge >= 0.3 is 0 Å². The third-order valence-electron chi connectivity index (χ3n) is 3.07. The highest BCUT2D eigenvalue weighted by atomic mass is 32.2. The minimum absolute atomic E-state index is 0.486. The van der Waals surface area contributed by atoms with Gasteiger partial charge in [-0.1, -0.05) is 30.8 Å². The second-order valence-corrected chi connectivity index (χ2v) is 5.57. The molecule has 0 aliphatic rings. The Balaban J connectivity index is 1.80. The summed E-state index contributed by atoms with van der Waals surface area (Å²) in [4.78, 5) is 13.1. The first-order chi connectivity index (χ1) is 9.76. The van der Waals surface area contributed by atoms with Crippen LogP contribution in [0.5, 0.6) is 0 Å². The van der Waals surface area contributed by atoms with Gasteiger partial charge in [-0.05, 0) is 30.7 Å². The number of pyridine rings is 1. The van der Waals surface area contributed by atoms with Crippen molar-refractivity contribution in [3.8, 4) is 0 Å². The van der Waals surface area contributed by atoms with Crippen molar-refractivity contribution in [3.05, 3.63) is 48.3 Å². The van der Waals surface area contributed by atoms with Gasteiger partial charge in [0.2, 0.25) is 0 Å². The first-order valence-corrected chi connectivity index (χ1v) is 7.34. The number of benzene rings is 1. The molecular weight excluding hydrogens is 270 g/mol. The number of nitrogens with one attached hydrogen (secondary N) is 1. The van der Waals surface area contributed by atoms with Gasteiger partial charge in [-0.3, -0.25) is 4.98 Å². The quantitative estimate of drug-likeness (QED) is 0.769. The van der Waals surface area contributed by atoms with E-state index >= 15 is 0 Å². The number of aromatic nitrogens is 3. The fraction of sp³-hybridized carbons (Fsp3) is 0.200. The maximum absolute atomic E-state index is 9.72. The Morgan fingerprint density at radius 3 is 2.80 bits per heavy atom. The van der Waals surface area contributed by atoms with Crippen LogP contribution < -0.4 is 0 Å². The highest BCUT2D eigenvalue weighted by Crippen LogP contribution is 2.27. The number of nitrogens with zero attached hydrogens (tertiary/aromatic N) is 2. The van der Waals surface area contributed by atoms with Crippen LogP contribution in [-0.2, 0) is 0 Å². The molecule has 0 aliphatic heterocycles. The number of aromatic amines is 1. The summed E-state index contributed by atoms with van der Waals surface area (Å²) in [7, 11) is 0.